The van der Waals surface area contributed by atoms with Crippen LogP contribution in [-0.4, -0.2) is 16.1 Å². The molecule has 1 N–H and O–H groups in total. The molecule has 0 fully saturated rings. The Balaban J connectivity index is 1.69. The lowest BCUT2D eigenvalue weighted by Gasteiger charge is -2.03. The van der Waals surface area contributed by atoms with Crippen molar-refractivity contribution >= 4 is 23.5 Å². The van der Waals surface area contributed by atoms with Gasteiger partial charge in [-0.25, -0.2) is 0 Å². The average Bonchev–Trinajstić information content (AvgIpc) is 2.98. The first-order valence-corrected chi connectivity index (χ1v) is 7.84. The molecule has 5 nitrogen and oxygen atoms in total. The molecular weight excluding hydrogens is 326 g/mol. The van der Waals surface area contributed by atoms with Gasteiger partial charge in [-0.2, -0.15) is 0 Å². The SMILES string of the molecule is Cc1ccc(Cc2nnc(NC(=O)c3cccc(Cl)c3)o2)cc1C. The van der Waals surface area contributed by atoms with Crippen molar-refractivity contribution in [3.05, 3.63) is 75.6 Å². The molecule has 0 spiro atoms. The number of carbonyl (C=O) groups excluding carboxylic acids is 1. The van der Waals surface area contributed by atoms with Crippen LogP contribution in [0.25, 0.3) is 0 Å². The molecule has 1 aromatic heterocycles. The third kappa shape index (κ3) is 3.81. The van der Waals surface area contributed by atoms with Crippen LogP contribution < -0.4 is 5.32 Å². The van der Waals surface area contributed by atoms with E-state index in [2.05, 4.69) is 41.5 Å². The number of amides is 1. The van der Waals surface area contributed by atoms with Crippen molar-refractivity contribution in [2.24, 2.45) is 0 Å². The third-order valence-corrected chi connectivity index (χ3v) is 3.94. The predicted molar refractivity (Wildman–Crippen MR) is 92.4 cm³/mol. The summed E-state index contributed by atoms with van der Waals surface area (Å²) in [5.74, 6) is 0.0959. The fraction of sp³-hybridized carbons (Fsp3) is 0.167. The molecule has 1 amide bonds. The minimum Gasteiger partial charge on any atom is -0.407 e. The summed E-state index contributed by atoms with van der Waals surface area (Å²) >= 11 is 5.88. The van der Waals surface area contributed by atoms with Crippen molar-refractivity contribution in [3.8, 4) is 0 Å². The third-order valence-electron chi connectivity index (χ3n) is 3.70. The Morgan fingerprint density at radius 3 is 2.71 bits per heavy atom. The van der Waals surface area contributed by atoms with Crippen molar-refractivity contribution in [2.45, 2.75) is 20.3 Å². The Morgan fingerprint density at radius 1 is 1.12 bits per heavy atom. The zero-order valence-corrected chi connectivity index (χ0v) is 14.1. The second-order valence-electron chi connectivity index (χ2n) is 5.56. The molecule has 0 saturated carbocycles. The van der Waals surface area contributed by atoms with E-state index in [4.69, 9.17) is 16.0 Å². The Kier molecular flexibility index (Phi) is 4.62. The molecule has 0 atom stereocenters. The topological polar surface area (TPSA) is 68.0 Å². The standard InChI is InChI=1S/C18H16ClN3O2/c1-11-6-7-13(8-12(11)2)9-16-21-22-18(24-16)20-17(23)14-4-3-5-15(19)10-14/h3-8,10H,9H2,1-2H3,(H,20,22,23). The molecule has 0 unspecified atom stereocenters. The fourth-order valence-electron chi connectivity index (χ4n) is 2.26. The summed E-state index contributed by atoms with van der Waals surface area (Å²) in [6.07, 6.45) is 0.515. The second kappa shape index (κ2) is 6.84. The lowest BCUT2D eigenvalue weighted by molar-refractivity contribution is 0.102. The number of anilines is 1. The molecule has 6 heteroatoms. The highest BCUT2D eigenvalue weighted by Gasteiger charge is 2.12. The van der Waals surface area contributed by atoms with Gasteiger partial charge in [-0.05, 0) is 48.7 Å². The van der Waals surface area contributed by atoms with Crippen molar-refractivity contribution < 1.29 is 9.21 Å². The van der Waals surface area contributed by atoms with Gasteiger partial charge < -0.3 is 4.42 Å². The predicted octanol–water partition coefficient (Wildman–Crippen LogP) is 4.18. The van der Waals surface area contributed by atoms with Crippen LogP contribution in [0.3, 0.4) is 0 Å². The molecule has 0 radical (unpaired) electrons. The lowest BCUT2D eigenvalue weighted by atomic mass is 10.0. The van der Waals surface area contributed by atoms with Crippen LogP contribution in [0.2, 0.25) is 5.02 Å². The molecule has 0 saturated heterocycles. The summed E-state index contributed by atoms with van der Waals surface area (Å²) in [6.45, 7) is 4.12. The van der Waals surface area contributed by atoms with Crippen LogP contribution in [0.4, 0.5) is 6.01 Å². The molecule has 2 aromatic carbocycles. The van der Waals surface area contributed by atoms with E-state index < -0.39 is 0 Å². The minimum absolute atomic E-state index is 0.0683. The van der Waals surface area contributed by atoms with E-state index in [-0.39, 0.29) is 11.9 Å². The Bertz CT molecular complexity index is 889. The van der Waals surface area contributed by atoms with E-state index in [1.54, 1.807) is 24.3 Å². The highest BCUT2D eigenvalue weighted by Crippen LogP contribution is 2.16. The molecule has 0 bridgehead atoms. The van der Waals surface area contributed by atoms with E-state index in [1.807, 2.05) is 6.07 Å². The summed E-state index contributed by atoms with van der Waals surface area (Å²) in [7, 11) is 0. The number of nitrogens with one attached hydrogen (secondary N) is 1. The first-order chi connectivity index (χ1) is 11.5. The molecular formula is C18H16ClN3O2. The average molecular weight is 342 g/mol. The van der Waals surface area contributed by atoms with Gasteiger partial charge in [0.15, 0.2) is 0 Å². The van der Waals surface area contributed by atoms with Gasteiger partial charge in [0.05, 0.1) is 6.42 Å². The van der Waals surface area contributed by atoms with Crippen molar-refractivity contribution in [1.82, 2.24) is 10.2 Å². The van der Waals surface area contributed by atoms with Crippen LogP contribution in [0, 0.1) is 13.8 Å². The van der Waals surface area contributed by atoms with Crippen LogP contribution >= 0.6 is 11.6 Å². The van der Waals surface area contributed by atoms with Gasteiger partial charge in [0.1, 0.15) is 0 Å². The zero-order valence-electron chi connectivity index (χ0n) is 13.3. The first kappa shape index (κ1) is 16.2. The van der Waals surface area contributed by atoms with Gasteiger partial charge in [-0.3, -0.25) is 10.1 Å². The number of hydrogen-bond acceptors (Lipinski definition) is 4. The van der Waals surface area contributed by atoms with Gasteiger partial charge in [0.25, 0.3) is 5.91 Å². The maximum absolute atomic E-state index is 12.1. The number of carbonyl (C=O) groups is 1. The number of halogens is 1. The number of aryl methyl sites for hydroxylation is 2. The van der Waals surface area contributed by atoms with E-state index in [1.165, 1.54) is 11.1 Å². The summed E-state index contributed by atoms with van der Waals surface area (Å²) in [4.78, 5) is 12.1. The number of aromatic nitrogens is 2. The maximum Gasteiger partial charge on any atom is 0.322 e. The van der Waals surface area contributed by atoms with E-state index in [0.717, 1.165) is 5.56 Å². The second-order valence-corrected chi connectivity index (χ2v) is 6.00. The van der Waals surface area contributed by atoms with Gasteiger partial charge in [-0.1, -0.05) is 41.0 Å². The maximum atomic E-state index is 12.1. The van der Waals surface area contributed by atoms with E-state index >= 15 is 0 Å². The van der Waals surface area contributed by atoms with Crippen molar-refractivity contribution in [1.29, 1.82) is 0 Å². The van der Waals surface area contributed by atoms with Crippen molar-refractivity contribution in [3.63, 3.8) is 0 Å². The Morgan fingerprint density at radius 2 is 1.96 bits per heavy atom. The number of benzene rings is 2. The first-order valence-electron chi connectivity index (χ1n) is 7.47. The summed E-state index contributed by atoms with van der Waals surface area (Å²) in [5, 5.41) is 10.9. The van der Waals surface area contributed by atoms with Gasteiger partial charge >= 0.3 is 6.01 Å². The van der Waals surface area contributed by atoms with E-state index in [9.17, 15) is 4.79 Å². The normalized spacial score (nSPS) is 10.6. The summed E-state index contributed by atoms with van der Waals surface area (Å²) < 4.78 is 5.49. The minimum atomic E-state index is -0.348. The Labute approximate surface area is 144 Å². The van der Waals surface area contributed by atoms with Gasteiger partial charge in [0, 0.05) is 10.6 Å². The highest BCUT2D eigenvalue weighted by atomic mass is 35.5. The van der Waals surface area contributed by atoms with Crippen molar-refractivity contribution in [2.75, 3.05) is 5.32 Å². The largest absolute Gasteiger partial charge is 0.407 e. The molecule has 24 heavy (non-hydrogen) atoms. The monoisotopic (exact) mass is 341 g/mol. The molecule has 0 aliphatic rings. The van der Waals surface area contributed by atoms with Crippen LogP contribution in [0.5, 0.6) is 0 Å². The van der Waals surface area contributed by atoms with Gasteiger partial charge in [-0.15, -0.1) is 5.10 Å². The van der Waals surface area contributed by atoms with Crippen LogP contribution in [0.15, 0.2) is 46.9 Å². The zero-order chi connectivity index (χ0) is 17.1. The van der Waals surface area contributed by atoms with Crippen LogP contribution in [-0.2, 0) is 6.42 Å². The summed E-state index contributed by atoms with van der Waals surface area (Å²) in [5.41, 5.74) is 3.95. The molecule has 3 aromatic rings. The molecule has 0 aliphatic carbocycles. The molecule has 1 heterocycles. The number of rotatable bonds is 4. The molecule has 3 rings (SSSR count). The smallest absolute Gasteiger partial charge is 0.322 e. The van der Waals surface area contributed by atoms with E-state index in [0.29, 0.717) is 22.9 Å². The van der Waals surface area contributed by atoms with Gasteiger partial charge in [0.2, 0.25) is 5.89 Å². The quantitative estimate of drug-likeness (QED) is 0.772. The molecule has 0 aliphatic heterocycles. The highest BCUT2D eigenvalue weighted by molar-refractivity contribution is 6.31. The number of nitrogens with zero attached hydrogens (tertiary/aromatic N) is 2. The summed E-state index contributed by atoms with van der Waals surface area (Å²) in [6, 6.07) is 12.9. The fourth-order valence-corrected chi connectivity index (χ4v) is 2.45. The lowest BCUT2D eigenvalue weighted by Crippen LogP contribution is -2.11. The number of hydrogen-bond donors (Lipinski definition) is 1. The molecule has 122 valence electrons. The Hall–Kier alpha value is -2.66. The van der Waals surface area contributed by atoms with Crippen LogP contribution in [0.1, 0.15) is 32.9 Å².